The second-order valence-corrected chi connectivity index (χ2v) is 5.23. The smallest absolute Gasteiger partial charge is 0.148 e. The highest BCUT2D eigenvalue weighted by atomic mass is 35.5. The number of aromatic nitrogens is 2. The maximum Gasteiger partial charge on any atom is 0.148 e. The summed E-state index contributed by atoms with van der Waals surface area (Å²) in [4.78, 5) is 0. The molecule has 0 amide bonds. The minimum atomic E-state index is -0.208. The van der Waals surface area contributed by atoms with Crippen LogP contribution in [-0.2, 0) is 13.1 Å². The molecule has 0 bridgehead atoms. The van der Waals surface area contributed by atoms with Crippen LogP contribution in [0.4, 0.5) is 10.2 Å². The normalized spacial score (nSPS) is 10.4. The molecule has 0 unspecified atom stereocenters. The van der Waals surface area contributed by atoms with E-state index in [4.69, 9.17) is 0 Å². The average Bonchev–Trinajstić information content (AvgIpc) is 2.69. The molecule has 2 rings (SSSR count). The molecule has 1 heterocycles. The molecule has 0 spiro atoms. The van der Waals surface area contributed by atoms with Gasteiger partial charge in [0.1, 0.15) is 11.6 Å². The molecule has 1 aromatic carbocycles. The van der Waals surface area contributed by atoms with Gasteiger partial charge in [-0.25, -0.2) is 4.39 Å². The summed E-state index contributed by atoms with van der Waals surface area (Å²) in [6.45, 7) is 7.97. The fourth-order valence-electron chi connectivity index (χ4n) is 1.92. The van der Waals surface area contributed by atoms with E-state index in [9.17, 15) is 4.39 Å². The summed E-state index contributed by atoms with van der Waals surface area (Å²) in [6, 6.07) is 8.53. The second-order valence-electron chi connectivity index (χ2n) is 5.23. The monoisotopic (exact) mass is 297 g/mol. The molecule has 110 valence electrons. The molecule has 1 aromatic heterocycles. The number of nitrogens with zero attached hydrogens (tertiary/aromatic N) is 2. The maximum absolute atomic E-state index is 12.8. The molecule has 0 atom stereocenters. The summed E-state index contributed by atoms with van der Waals surface area (Å²) in [5.41, 5.74) is 2.19. The lowest BCUT2D eigenvalue weighted by atomic mass is 10.2. The third kappa shape index (κ3) is 4.53. The maximum atomic E-state index is 12.8. The van der Waals surface area contributed by atoms with Crippen molar-refractivity contribution in [1.29, 1.82) is 0 Å². The van der Waals surface area contributed by atoms with E-state index in [1.807, 2.05) is 10.7 Å². The van der Waals surface area contributed by atoms with Crippen LogP contribution in [0.2, 0.25) is 0 Å². The van der Waals surface area contributed by atoms with Crippen LogP contribution in [0.5, 0.6) is 0 Å². The van der Waals surface area contributed by atoms with E-state index in [0.29, 0.717) is 12.5 Å². The van der Waals surface area contributed by atoms with Crippen LogP contribution < -0.4 is 5.32 Å². The lowest BCUT2D eigenvalue weighted by molar-refractivity contribution is 0.475. The highest BCUT2D eigenvalue weighted by molar-refractivity contribution is 5.85. The Morgan fingerprint density at radius 3 is 2.50 bits per heavy atom. The Labute approximate surface area is 125 Å². The fraction of sp³-hybridized carbons (Fsp3) is 0.400. The molecule has 0 aliphatic heterocycles. The molecule has 5 heteroatoms. The second kappa shape index (κ2) is 7.29. The van der Waals surface area contributed by atoms with E-state index in [1.54, 1.807) is 12.1 Å². The molecule has 1 N–H and O–H groups in total. The van der Waals surface area contributed by atoms with Crippen molar-refractivity contribution in [3.63, 3.8) is 0 Å². The Morgan fingerprint density at radius 2 is 1.90 bits per heavy atom. The summed E-state index contributed by atoms with van der Waals surface area (Å²) >= 11 is 0. The predicted molar refractivity (Wildman–Crippen MR) is 82.8 cm³/mol. The molecule has 0 aliphatic rings. The molecule has 0 aliphatic carbocycles. The van der Waals surface area contributed by atoms with Crippen molar-refractivity contribution < 1.29 is 4.39 Å². The first-order chi connectivity index (χ1) is 9.04. The van der Waals surface area contributed by atoms with Gasteiger partial charge in [-0.15, -0.1) is 12.4 Å². The number of hydrogen-bond donors (Lipinski definition) is 1. The van der Waals surface area contributed by atoms with Crippen molar-refractivity contribution in [2.45, 2.75) is 33.9 Å². The number of nitrogens with one attached hydrogen (secondary N) is 1. The molecule has 3 nitrogen and oxygen atoms in total. The first kappa shape index (κ1) is 16.5. The molecular formula is C15H21ClFN3. The number of anilines is 1. The summed E-state index contributed by atoms with van der Waals surface area (Å²) < 4.78 is 14.8. The summed E-state index contributed by atoms with van der Waals surface area (Å²) in [6.07, 6.45) is 0. The molecule has 20 heavy (non-hydrogen) atoms. The van der Waals surface area contributed by atoms with Gasteiger partial charge in [-0.3, -0.25) is 4.68 Å². The van der Waals surface area contributed by atoms with Crippen molar-refractivity contribution in [2.75, 3.05) is 5.32 Å². The third-order valence-electron chi connectivity index (χ3n) is 2.91. The first-order valence-electron chi connectivity index (χ1n) is 6.57. The van der Waals surface area contributed by atoms with Gasteiger partial charge in [-0.05, 0) is 30.5 Å². The largest absolute Gasteiger partial charge is 0.365 e. The van der Waals surface area contributed by atoms with Crippen LogP contribution in [0.1, 0.15) is 25.1 Å². The Morgan fingerprint density at radius 1 is 1.25 bits per heavy atom. The van der Waals surface area contributed by atoms with E-state index in [2.05, 4.69) is 31.2 Å². The SMILES string of the molecule is Cc1cc(NCc2ccc(F)cc2)nn1CC(C)C.Cl. The zero-order valence-corrected chi connectivity index (χ0v) is 12.9. The minimum Gasteiger partial charge on any atom is -0.365 e. The minimum absolute atomic E-state index is 0. The van der Waals surface area contributed by atoms with E-state index in [-0.39, 0.29) is 18.2 Å². The molecule has 2 aromatic rings. The van der Waals surface area contributed by atoms with Crippen LogP contribution in [0.3, 0.4) is 0 Å². The topological polar surface area (TPSA) is 29.9 Å². The van der Waals surface area contributed by atoms with Gasteiger partial charge in [0.15, 0.2) is 0 Å². The van der Waals surface area contributed by atoms with Gasteiger partial charge < -0.3 is 5.32 Å². The third-order valence-corrected chi connectivity index (χ3v) is 2.91. The van der Waals surface area contributed by atoms with E-state index < -0.39 is 0 Å². The number of halogens is 2. The van der Waals surface area contributed by atoms with E-state index in [0.717, 1.165) is 23.6 Å². The molecule has 0 radical (unpaired) electrons. The fourth-order valence-corrected chi connectivity index (χ4v) is 1.92. The van der Waals surface area contributed by atoms with Gasteiger partial charge in [0.05, 0.1) is 0 Å². The van der Waals surface area contributed by atoms with Gasteiger partial charge in [0.2, 0.25) is 0 Å². The standard InChI is InChI=1S/C15H20FN3.ClH/c1-11(2)10-19-12(3)8-15(18-19)17-9-13-4-6-14(16)7-5-13;/h4-8,11H,9-10H2,1-3H3,(H,17,18);1H. The molecular weight excluding hydrogens is 277 g/mol. The van der Waals surface area contributed by atoms with E-state index in [1.165, 1.54) is 12.1 Å². The average molecular weight is 298 g/mol. The Bertz CT molecular complexity index is 535. The molecule has 0 fully saturated rings. The lowest BCUT2D eigenvalue weighted by Gasteiger charge is -2.06. The first-order valence-corrected chi connectivity index (χ1v) is 6.57. The zero-order valence-electron chi connectivity index (χ0n) is 12.1. The van der Waals surface area contributed by atoms with Crippen LogP contribution in [0, 0.1) is 18.7 Å². The molecule has 0 saturated carbocycles. The van der Waals surface area contributed by atoms with Crippen molar-refractivity contribution in [3.05, 3.63) is 47.4 Å². The highest BCUT2D eigenvalue weighted by Crippen LogP contribution is 2.12. The van der Waals surface area contributed by atoms with Crippen LogP contribution >= 0.6 is 12.4 Å². The van der Waals surface area contributed by atoms with Gasteiger partial charge in [0, 0.05) is 24.8 Å². The lowest BCUT2D eigenvalue weighted by Crippen LogP contribution is -2.08. The predicted octanol–water partition coefficient (Wildman–Crippen LogP) is 4.02. The van der Waals surface area contributed by atoms with Crippen molar-refractivity contribution >= 4 is 18.2 Å². The summed E-state index contributed by atoms with van der Waals surface area (Å²) in [5.74, 6) is 1.23. The van der Waals surface area contributed by atoms with Crippen molar-refractivity contribution in [3.8, 4) is 0 Å². The van der Waals surface area contributed by atoms with Crippen LogP contribution in [0.15, 0.2) is 30.3 Å². The number of benzene rings is 1. The highest BCUT2D eigenvalue weighted by Gasteiger charge is 2.05. The van der Waals surface area contributed by atoms with Crippen molar-refractivity contribution in [2.24, 2.45) is 5.92 Å². The molecule has 0 saturated heterocycles. The Kier molecular flexibility index (Phi) is 6.02. The number of aryl methyl sites for hydroxylation is 1. The van der Waals surface area contributed by atoms with Crippen molar-refractivity contribution in [1.82, 2.24) is 9.78 Å². The van der Waals surface area contributed by atoms with Gasteiger partial charge in [0.25, 0.3) is 0 Å². The van der Waals surface area contributed by atoms with Crippen LogP contribution in [0.25, 0.3) is 0 Å². The summed E-state index contributed by atoms with van der Waals surface area (Å²) in [5, 5.41) is 7.77. The number of hydrogen-bond acceptors (Lipinski definition) is 2. The number of rotatable bonds is 5. The quantitative estimate of drug-likeness (QED) is 0.903. The zero-order chi connectivity index (χ0) is 13.8. The van der Waals surface area contributed by atoms with Crippen LogP contribution in [-0.4, -0.2) is 9.78 Å². The Balaban J connectivity index is 0.00000200. The van der Waals surface area contributed by atoms with Gasteiger partial charge in [-0.2, -0.15) is 5.10 Å². The Hall–Kier alpha value is -1.55. The van der Waals surface area contributed by atoms with Gasteiger partial charge in [-0.1, -0.05) is 26.0 Å². The van der Waals surface area contributed by atoms with Gasteiger partial charge >= 0.3 is 0 Å². The summed E-state index contributed by atoms with van der Waals surface area (Å²) in [7, 11) is 0. The van der Waals surface area contributed by atoms with E-state index >= 15 is 0 Å².